The van der Waals surface area contributed by atoms with E-state index in [0.29, 0.717) is 16.9 Å². The molecule has 0 aromatic heterocycles. The van der Waals surface area contributed by atoms with Gasteiger partial charge in [-0.1, -0.05) is 6.07 Å². The molecule has 1 unspecified atom stereocenters. The van der Waals surface area contributed by atoms with E-state index in [0.717, 1.165) is 0 Å². The maximum Gasteiger partial charge on any atom is 0.305 e. The molecule has 2 rings (SSSR count). The number of esters is 1. The fourth-order valence-electron chi connectivity index (χ4n) is 2.46. The Morgan fingerprint density at radius 3 is 2.77 bits per heavy atom. The van der Waals surface area contributed by atoms with Gasteiger partial charge in [0.2, 0.25) is 5.91 Å². The maximum absolute atomic E-state index is 12.5. The van der Waals surface area contributed by atoms with E-state index in [1.54, 1.807) is 18.2 Å². The molecule has 0 saturated heterocycles. The van der Waals surface area contributed by atoms with E-state index in [1.165, 1.54) is 12.0 Å². The molecule has 0 aliphatic carbocycles. The SMILES string of the molecule is COC(=O)CCC(C(N)=O)N1Cc2c(OBr)cccc2C1=O. The molecule has 118 valence electrons. The summed E-state index contributed by atoms with van der Waals surface area (Å²) in [5, 5.41) is 0. The Kier molecular flexibility index (Phi) is 5.02. The monoisotopic (exact) mass is 370 g/mol. The molecule has 0 radical (unpaired) electrons. The van der Waals surface area contributed by atoms with Crippen molar-refractivity contribution < 1.29 is 22.9 Å². The summed E-state index contributed by atoms with van der Waals surface area (Å²) in [5.74, 6) is -0.925. The average molecular weight is 371 g/mol. The van der Waals surface area contributed by atoms with Gasteiger partial charge in [0.25, 0.3) is 5.91 Å². The number of carbonyl (C=O) groups is 3. The third kappa shape index (κ3) is 3.06. The molecule has 1 aliphatic rings. The number of methoxy groups -OCH3 is 1. The summed E-state index contributed by atoms with van der Waals surface area (Å²) in [6, 6.07) is 4.18. The van der Waals surface area contributed by atoms with Crippen molar-refractivity contribution in [2.24, 2.45) is 5.73 Å². The second kappa shape index (κ2) is 6.78. The number of nitrogens with zero attached hydrogens (tertiary/aromatic N) is 1. The van der Waals surface area contributed by atoms with Gasteiger partial charge in [-0.25, -0.2) is 0 Å². The molecule has 22 heavy (non-hydrogen) atoms. The Morgan fingerprint density at radius 1 is 1.45 bits per heavy atom. The van der Waals surface area contributed by atoms with Gasteiger partial charge in [-0.15, -0.1) is 0 Å². The summed E-state index contributed by atoms with van der Waals surface area (Å²) in [4.78, 5) is 36.7. The zero-order valence-corrected chi connectivity index (χ0v) is 13.5. The van der Waals surface area contributed by atoms with Gasteiger partial charge in [0.15, 0.2) is 16.3 Å². The van der Waals surface area contributed by atoms with Crippen LogP contribution in [0.5, 0.6) is 5.75 Å². The van der Waals surface area contributed by atoms with Crippen LogP contribution in [0.4, 0.5) is 0 Å². The number of fused-ring (bicyclic) bond motifs is 1. The smallest absolute Gasteiger partial charge is 0.305 e. The van der Waals surface area contributed by atoms with Crippen molar-refractivity contribution in [2.45, 2.75) is 25.4 Å². The van der Waals surface area contributed by atoms with E-state index in [4.69, 9.17) is 9.56 Å². The largest absolute Gasteiger partial charge is 0.469 e. The third-order valence-electron chi connectivity index (χ3n) is 3.59. The Morgan fingerprint density at radius 2 is 2.18 bits per heavy atom. The number of halogens is 1. The molecule has 1 aromatic rings. The van der Waals surface area contributed by atoms with E-state index in [9.17, 15) is 14.4 Å². The lowest BCUT2D eigenvalue weighted by Gasteiger charge is -2.24. The predicted octanol–water partition coefficient (Wildman–Crippen LogP) is 1.14. The van der Waals surface area contributed by atoms with E-state index in [1.807, 2.05) is 0 Å². The number of ether oxygens (including phenoxy) is 1. The first-order chi connectivity index (χ1) is 10.5. The van der Waals surface area contributed by atoms with Gasteiger partial charge >= 0.3 is 5.97 Å². The highest BCUT2D eigenvalue weighted by Crippen LogP contribution is 2.33. The second-order valence-corrected chi connectivity index (χ2v) is 5.15. The minimum absolute atomic E-state index is 0.00599. The van der Waals surface area contributed by atoms with Crippen molar-refractivity contribution >= 4 is 34.0 Å². The molecule has 1 aliphatic heterocycles. The van der Waals surface area contributed by atoms with Crippen molar-refractivity contribution in [1.29, 1.82) is 0 Å². The van der Waals surface area contributed by atoms with Crippen LogP contribution < -0.4 is 9.56 Å². The molecule has 8 heteroatoms. The Bertz CT molecular complexity index is 619. The van der Waals surface area contributed by atoms with Crippen LogP contribution in [0, 0.1) is 0 Å². The molecular formula is C14H15BrN2O5. The average Bonchev–Trinajstić information content (AvgIpc) is 2.84. The molecule has 7 nitrogen and oxygen atoms in total. The van der Waals surface area contributed by atoms with Crippen molar-refractivity contribution in [3.05, 3.63) is 29.3 Å². The normalized spacial score (nSPS) is 14.5. The Labute approximate surface area is 135 Å². The summed E-state index contributed by atoms with van der Waals surface area (Å²) in [6.07, 6.45) is 0.123. The van der Waals surface area contributed by atoms with Gasteiger partial charge in [0.05, 0.1) is 13.7 Å². The molecule has 0 spiro atoms. The van der Waals surface area contributed by atoms with E-state index >= 15 is 0 Å². The van der Waals surface area contributed by atoms with E-state index < -0.39 is 17.9 Å². The number of amides is 2. The number of primary amides is 1. The molecule has 0 bridgehead atoms. The van der Waals surface area contributed by atoms with Gasteiger partial charge in [0, 0.05) is 17.5 Å². The lowest BCUT2D eigenvalue weighted by atomic mass is 10.1. The van der Waals surface area contributed by atoms with Gasteiger partial charge < -0.3 is 19.2 Å². The zero-order chi connectivity index (χ0) is 16.3. The number of nitrogens with two attached hydrogens (primary N) is 1. The number of hydrogen-bond donors (Lipinski definition) is 1. The van der Waals surface area contributed by atoms with Crippen LogP contribution in [-0.4, -0.2) is 35.8 Å². The van der Waals surface area contributed by atoms with Crippen LogP contribution >= 0.6 is 16.3 Å². The molecule has 0 fully saturated rings. The standard InChI is InChI=1S/C14H15BrN2O5/c1-21-12(18)6-5-10(13(16)19)17-7-9-8(14(17)20)3-2-4-11(9)22-15/h2-4,10H,5-7H2,1H3,(H2,16,19). The zero-order valence-electron chi connectivity index (χ0n) is 11.9. The van der Waals surface area contributed by atoms with Crippen molar-refractivity contribution in [1.82, 2.24) is 4.90 Å². The second-order valence-electron chi connectivity index (χ2n) is 4.83. The van der Waals surface area contributed by atoms with Gasteiger partial charge in [-0.2, -0.15) is 0 Å². The highest BCUT2D eigenvalue weighted by atomic mass is 79.9. The minimum atomic E-state index is -0.873. The highest BCUT2D eigenvalue weighted by molar-refractivity contribution is 9.06. The summed E-state index contributed by atoms with van der Waals surface area (Å²) < 4.78 is 9.60. The number of rotatable bonds is 6. The van der Waals surface area contributed by atoms with Crippen molar-refractivity contribution in [2.75, 3.05) is 7.11 Å². The van der Waals surface area contributed by atoms with Crippen molar-refractivity contribution in [3.8, 4) is 5.75 Å². The Balaban J connectivity index is 2.23. The molecule has 2 amide bonds. The fraction of sp³-hybridized carbons (Fsp3) is 0.357. The van der Waals surface area contributed by atoms with Crippen molar-refractivity contribution in [3.63, 3.8) is 0 Å². The van der Waals surface area contributed by atoms with E-state index in [2.05, 4.69) is 21.0 Å². The number of carbonyl (C=O) groups excluding carboxylic acids is 3. The summed E-state index contributed by atoms with van der Waals surface area (Å²) >= 11 is 2.89. The maximum atomic E-state index is 12.5. The highest BCUT2D eigenvalue weighted by Gasteiger charge is 2.37. The first-order valence-corrected chi connectivity index (χ1v) is 7.22. The minimum Gasteiger partial charge on any atom is -0.469 e. The molecule has 1 atom stereocenters. The third-order valence-corrected chi connectivity index (χ3v) is 3.94. The summed E-state index contributed by atoms with van der Waals surface area (Å²) in [6.45, 7) is 0.199. The van der Waals surface area contributed by atoms with E-state index in [-0.39, 0.29) is 25.3 Å². The van der Waals surface area contributed by atoms with Crippen LogP contribution in [0.3, 0.4) is 0 Å². The first kappa shape index (κ1) is 16.3. The molecule has 1 aromatic carbocycles. The van der Waals surface area contributed by atoms with Gasteiger partial charge in [-0.3, -0.25) is 14.4 Å². The van der Waals surface area contributed by atoms with Crippen LogP contribution in [0.15, 0.2) is 18.2 Å². The lowest BCUT2D eigenvalue weighted by Crippen LogP contribution is -2.45. The van der Waals surface area contributed by atoms with Crippen LogP contribution in [-0.2, 0) is 20.9 Å². The molecule has 0 saturated carbocycles. The Hall–Kier alpha value is -2.09. The summed E-state index contributed by atoms with van der Waals surface area (Å²) in [7, 11) is 1.26. The molecule has 1 heterocycles. The number of hydrogen-bond acceptors (Lipinski definition) is 5. The van der Waals surface area contributed by atoms with Gasteiger partial charge in [-0.05, 0) is 18.6 Å². The van der Waals surface area contributed by atoms with Crippen LogP contribution in [0.1, 0.15) is 28.8 Å². The molecule has 2 N–H and O–H groups in total. The topological polar surface area (TPSA) is 98.9 Å². The first-order valence-electron chi connectivity index (χ1n) is 6.57. The van der Waals surface area contributed by atoms with Gasteiger partial charge in [0.1, 0.15) is 11.8 Å². The predicted molar refractivity (Wildman–Crippen MR) is 80.1 cm³/mol. The lowest BCUT2D eigenvalue weighted by molar-refractivity contribution is -0.141. The number of benzene rings is 1. The van der Waals surface area contributed by atoms with Crippen LogP contribution in [0.2, 0.25) is 0 Å². The fourth-order valence-corrected chi connectivity index (χ4v) is 2.76. The molecular weight excluding hydrogens is 356 g/mol. The quantitative estimate of drug-likeness (QED) is 0.756. The summed E-state index contributed by atoms with van der Waals surface area (Å²) in [5.41, 5.74) is 6.52. The van der Waals surface area contributed by atoms with Crippen LogP contribution in [0.25, 0.3) is 0 Å².